The smallest absolute Gasteiger partial charge is 0.411 e. The third-order valence-electron chi connectivity index (χ3n) is 5.92. The largest absolute Gasteiger partial charge is 0.445 e. The van der Waals surface area contributed by atoms with E-state index in [2.05, 4.69) is 16.8 Å². The van der Waals surface area contributed by atoms with Crippen molar-refractivity contribution in [3.63, 3.8) is 0 Å². The number of hydrogen-bond acceptors (Lipinski definition) is 7. The van der Waals surface area contributed by atoms with Crippen molar-refractivity contribution in [2.45, 2.75) is 31.5 Å². The van der Waals surface area contributed by atoms with Gasteiger partial charge in [0.05, 0.1) is 32.0 Å². The molecule has 0 aromatic heterocycles. The lowest BCUT2D eigenvalue weighted by molar-refractivity contribution is -0.253. The number of amides is 1. The molecule has 8 nitrogen and oxygen atoms in total. The molecule has 3 atom stereocenters. The van der Waals surface area contributed by atoms with Crippen molar-refractivity contribution < 1.29 is 28.8 Å². The van der Waals surface area contributed by atoms with Gasteiger partial charge in [0.25, 0.3) is 0 Å². The Morgan fingerprint density at radius 1 is 1.15 bits per heavy atom. The molecule has 2 N–H and O–H groups in total. The SMILES string of the molecule is C=CCOC(=O)Nc1cccc([C@H]2O[C@@H](CN3CCOCC3)C[C@@H](c3ccc(CO)cc3)O2)c1. The zero-order chi connectivity index (χ0) is 23.8. The lowest BCUT2D eigenvalue weighted by atomic mass is 9.99. The van der Waals surface area contributed by atoms with Crippen molar-refractivity contribution in [1.29, 1.82) is 0 Å². The molecule has 0 saturated carbocycles. The van der Waals surface area contributed by atoms with Crippen LogP contribution in [0.1, 0.15) is 35.5 Å². The van der Waals surface area contributed by atoms with E-state index in [1.807, 2.05) is 42.5 Å². The summed E-state index contributed by atoms with van der Waals surface area (Å²) in [5.74, 6) is 0. The fourth-order valence-electron chi connectivity index (χ4n) is 4.16. The molecule has 2 heterocycles. The quantitative estimate of drug-likeness (QED) is 0.570. The molecule has 0 spiro atoms. The average molecular weight is 469 g/mol. The summed E-state index contributed by atoms with van der Waals surface area (Å²) in [6.45, 7) is 7.71. The maximum Gasteiger partial charge on any atom is 0.411 e. The molecule has 0 unspecified atom stereocenters. The number of aliphatic hydroxyl groups excluding tert-OH is 1. The average Bonchev–Trinajstić information content (AvgIpc) is 2.88. The first kappa shape index (κ1) is 24.4. The molecule has 34 heavy (non-hydrogen) atoms. The third kappa shape index (κ3) is 6.65. The summed E-state index contributed by atoms with van der Waals surface area (Å²) in [6, 6.07) is 15.2. The predicted molar refractivity (Wildman–Crippen MR) is 127 cm³/mol. The zero-order valence-corrected chi connectivity index (χ0v) is 19.2. The fourth-order valence-corrected chi connectivity index (χ4v) is 4.16. The van der Waals surface area contributed by atoms with E-state index in [0.29, 0.717) is 5.69 Å². The fraction of sp³-hybridized carbons (Fsp3) is 0.423. The van der Waals surface area contributed by atoms with Gasteiger partial charge in [0.2, 0.25) is 0 Å². The first-order valence-electron chi connectivity index (χ1n) is 11.6. The van der Waals surface area contributed by atoms with Crippen LogP contribution in [0.15, 0.2) is 61.2 Å². The molecule has 0 bridgehead atoms. The maximum absolute atomic E-state index is 11.9. The molecule has 1 amide bonds. The lowest BCUT2D eigenvalue weighted by Crippen LogP contribution is -2.44. The molecule has 2 aliphatic rings. The van der Waals surface area contributed by atoms with Crippen LogP contribution in [-0.4, -0.2) is 61.7 Å². The van der Waals surface area contributed by atoms with Crippen molar-refractivity contribution >= 4 is 11.8 Å². The van der Waals surface area contributed by atoms with Gasteiger partial charge in [-0.25, -0.2) is 4.79 Å². The Morgan fingerprint density at radius 2 is 1.94 bits per heavy atom. The van der Waals surface area contributed by atoms with Crippen LogP contribution in [0.2, 0.25) is 0 Å². The van der Waals surface area contributed by atoms with E-state index in [1.165, 1.54) is 6.08 Å². The van der Waals surface area contributed by atoms with E-state index >= 15 is 0 Å². The molecule has 0 aliphatic carbocycles. The third-order valence-corrected chi connectivity index (χ3v) is 5.92. The summed E-state index contributed by atoms with van der Waals surface area (Å²) in [6.07, 6.45) is 0.905. The molecular formula is C26H32N2O6. The number of hydrogen-bond donors (Lipinski definition) is 2. The van der Waals surface area contributed by atoms with Gasteiger partial charge in [-0.15, -0.1) is 0 Å². The number of carbonyl (C=O) groups excluding carboxylic acids is 1. The van der Waals surface area contributed by atoms with Crippen LogP contribution in [0.25, 0.3) is 0 Å². The predicted octanol–water partition coefficient (Wildman–Crippen LogP) is 3.79. The van der Waals surface area contributed by atoms with E-state index in [4.69, 9.17) is 18.9 Å². The monoisotopic (exact) mass is 468 g/mol. The second-order valence-corrected chi connectivity index (χ2v) is 8.40. The van der Waals surface area contributed by atoms with Gasteiger partial charge in [0.1, 0.15) is 6.61 Å². The van der Waals surface area contributed by atoms with E-state index in [1.54, 1.807) is 6.07 Å². The summed E-state index contributed by atoms with van der Waals surface area (Å²) in [4.78, 5) is 14.3. The van der Waals surface area contributed by atoms with Crippen LogP contribution in [0.4, 0.5) is 10.5 Å². The van der Waals surface area contributed by atoms with Gasteiger partial charge < -0.3 is 24.1 Å². The van der Waals surface area contributed by atoms with Crippen molar-refractivity contribution in [2.24, 2.45) is 0 Å². The van der Waals surface area contributed by atoms with Gasteiger partial charge in [-0.1, -0.05) is 49.1 Å². The highest BCUT2D eigenvalue weighted by atomic mass is 16.7. The van der Waals surface area contributed by atoms with Gasteiger partial charge in [-0.05, 0) is 23.3 Å². The molecule has 2 aliphatic heterocycles. The minimum atomic E-state index is -0.590. The second-order valence-electron chi connectivity index (χ2n) is 8.40. The number of rotatable bonds is 8. The maximum atomic E-state index is 11.9. The Bertz CT molecular complexity index is 945. The highest BCUT2D eigenvalue weighted by molar-refractivity contribution is 5.84. The van der Waals surface area contributed by atoms with E-state index in [-0.39, 0.29) is 25.4 Å². The standard InChI is InChI=1S/C26H32N2O6/c1-2-12-32-26(30)27-22-5-3-4-21(15-22)25-33-23(17-28-10-13-31-14-11-28)16-24(34-25)20-8-6-19(18-29)7-9-20/h2-9,15,23-25,29H,1,10-14,16-18H2,(H,27,30)/t23-,24+,25+/m1/s1. The number of ether oxygens (including phenoxy) is 4. The Hall–Kier alpha value is -2.75. The van der Waals surface area contributed by atoms with Crippen molar-refractivity contribution in [1.82, 2.24) is 4.90 Å². The van der Waals surface area contributed by atoms with Crippen LogP contribution >= 0.6 is 0 Å². The normalized spacial score (nSPS) is 23.3. The van der Waals surface area contributed by atoms with Crippen molar-refractivity contribution in [3.8, 4) is 0 Å². The Balaban J connectivity index is 1.51. The van der Waals surface area contributed by atoms with Gasteiger partial charge >= 0.3 is 6.09 Å². The molecule has 2 aromatic rings. The van der Waals surface area contributed by atoms with Gasteiger partial charge in [0, 0.05) is 37.3 Å². The van der Waals surface area contributed by atoms with E-state index in [9.17, 15) is 9.90 Å². The zero-order valence-electron chi connectivity index (χ0n) is 19.2. The first-order valence-corrected chi connectivity index (χ1v) is 11.6. The molecular weight excluding hydrogens is 436 g/mol. The van der Waals surface area contributed by atoms with Crippen LogP contribution in [0.3, 0.4) is 0 Å². The van der Waals surface area contributed by atoms with Crippen molar-refractivity contribution in [2.75, 3.05) is 44.8 Å². The Labute approximate surface area is 200 Å². The number of nitrogens with one attached hydrogen (secondary N) is 1. The number of morpholine rings is 1. The summed E-state index contributed by atoms with van der Waals surface area (Å²) < 4.78 is 23.3. The summed E-state index contributed by atoms with van der Waals surface area (Å²) >= 11 is 0. The number of carbonyl (C=O) groups is 1. The van der Waals surface area contributed by atoms with Crippen LogP contribution in [-0.2, 0) is 25.6 Å². The summed E-state index contributed by atoms with van der Waals surface area (Å²) in [5.41, 5.74) is 3.31. The van der Waals surface area contributed by atoms with Crippen LogP contribution < -0.4 is 5.32 Å². The second kappa shape index (κ2) is 12.1. The molecule has 8 heteroatoms. The molecule has 4 rings (SSSR count). The number of aliphatic hydroxyl groups is 1. The van der Waals surface area contributed by atoms with E-state index in [0.717, 1.165) is 56.0 Å². The topological polar surface area (TPSA) is 89.5 Å². The molecule has 2 aromatic carbocycles. The molecule has 2 fully saturated rings. The minimum Gasteiger partial charge on any atom is -0.445 e. The highest BCUT2D eigenvalue weighted by Gasteiger charge is 2.33. The summed E-state index contributed by atoms with van der Waals surface area (Å²) in [7, 11) is 0. The van der Waals surface area contributed by atoms with Gasteiger partial charge in [-0.2, -0.15) is 0 Å². The Kier molecular flexibility index (Phi) is 8.67. The first-order chi connectivity index (χ1) is 16.6. The van der Waals surface area contributed by atoms with Gasteiger partial charge in [0.15, 0.2) is 6.29 Å². The molecule has 182 valence electrons. The number of anilines is 1. The number of nitrogens with zero attached hydrogens (tertiary/aromatic N) is 1. The molecule has 2 saturated heterocycles. The highest BCUT2D eigenvalue weighted by Crippen LogP contribution is 2.38. The van der Waals surface area contributed by atoms with Crippen LogP contribution in [0, 0.1) is 0 Å². The van der Waals surface area contributed by atoms with Crippen LogP contribution in [0.5, 0.6) is 0 Å². The summed E-state index contributed by atoms with van der Waals surface area (Å²) in [5, 5.41) is 12.1. The minimum absolute atomic E-state index is 0.00617. The number of benzene rings is 2. The van der Waals surface area contributed by atoms with Crippen molar-refractivity contribution in [3.05, 3.63) is 77.9 Å². The van der Waals surface area contributed by atoms with E-state index < -0.39 is 12.4 Å². The van der Waals surface area contributed by atoms with Gasteiger partial charge in [-0.3, -0.25) is 10.2 Å². The molecule has 0 radical (unpaired) electrons. The Morgan fingerprint density at radius 3 is 2.68 bits per heavy atom. The lowest BCUT2D eigenvalue weighted by Gasteiger charge is -2.39.